The molecule has 1 aromatic heterocycles. The average Bonchev–Trinajstić information content (AvgIpc) is 3.43. The maximum atomic E-state index is 5.07. The molecule has 43 heavy (non-hydrogen) atoms. The quantitative estimate of drug-likeness (QED) is 0.227. The van der Waals surface area contributed by atoms with Crippen LogP contribution in [0.3, 0.4) is 0 Å². The summed E-state index contributed by atoms with van der Waals surface area (Å²) >= 11 is 0. The molecule has 1 aliphatic heterocycles. The van der Waals surface area contributed by atoms with Gasteiger partial charge >= 0.3 is 0 Å². The molecule has 6 aromatic carbocycles. The van der Waals surface area contributed by atoms with Crippen LogP contribution in [0.1, 0.15) is 22.9 Å². The highest BCUT2D eigenvalue weighted by Crippen LogP contribution is 2.35. The van der Waals surface area contributed by atoms with Crippen molar-refractivity contribution in [3.05, 3.63) is 180 Å². The third kappa shape index (κ3) is 4.61. The maximum Gasteiger partial charge on any atom is 0.145 e. The molecule has 1 N–H and O–H groups in total. The molecule has 8 rings (SSSR count). The van der Waals surface area contributed by atoms with Gasteiger partial charge in [0.25, 0.3) is 0 Å². The van der Waals surface area contributed by atoms with Gasteiger partial charge in [-0.2, -0.15) is 0 Å². The monoisotopic (exact) mass is 551 g/mol. The van der Waals surface area contributed by atoms with Crippen LogP contribution in [0, 0.1) is 0 Å². The molecule has 0 radical (unpaired) electrons. The van der Waals surface area contributed by atoms with Crippen LogP contribution in [-0.2, 0) is 0 Å². The molecule has 1 aliphatic rings. The van der Waals surface area contributed by atoms with Crippen molar-refractivity contribution in [2.75, 3.05) is 0 Å². The van der Waals surface area contributed by atoms with E-state index >= 15 is 0 Å². The van der Waals surface area contributed by atoms with Gasteiger partial charge in [0.2, 0.25) is 0 Å². The topological polar surface area (TPSA) is 29.3 Å². The fraction of sp³-hybridized carbons (Fsp3) is 0.0250. The highest BCUT2D eigenvalue weighted by molar-refractivity contribution is 6.13. The number of fused-ring (bicyclic) bond motifs is 3. The molecule has 2 heterocycles. The Kier molecular flexibility index (Phi) is 6.20. The number of nitrogens with zero attached hydrogens (tertiary/aromatic N) is 2. The Morgan fingerprint density at radius 1 is 0.488 bits per heavy atom. The van der Waals surface area contributed by atoms with Gasteiger partial charge in [0, 0.05) is 22.2 Å². The molecule has 0 saturated carbocycles. The summed E-state index contributed by atoms with van der Waals surface area (Å²) in [7, 11) is 0. The lowest BCUT2D eigenvalue weighted by Gasteiger charge is -2.25. The van der Waals surface area contributed by atoms with Gasteiger partial charge in [-0.1, -0.05) is 133 Å². The van der Waals surface area contributed by atoms with E-state index in [2.05, 4.69) is 162 Å². The van der Waals surface area contributed by atoms with E-state index in [1.807, 2.05) is 12.1 Å². The molecule has 0 bridgehead atoms. The van der Waals surface area contributed by atoms with Crippen LogP contribution >= 0.6 is 0 Å². The first-order valence-electron chi connectivity index (χ1n) is 14.7. The average molecular weight is 552 g/mol. The van der Waals surface area contributed by atoms with Crippen LogP contribution < -0.4 is 5.32 Å². The van der Waals surface area contributed by atoms with E-state index in [1.54, 1.807) is 0 Å². The van der Waals surface area contributed by atoms with Gasteiger partial charge in [-0.05, 0) is 58.2 Å². The van der Waals surface area contributed by atoms with Crippen LogP contribution in [0.25, 0.3) is 44.3 Å². The summed E-state index contributed by atoms with van der Waals surface area (Å²) in [6.07, 6.45) is 2.01. The van der Waals surface area contributed by atoms with Crippen LogP contribution in [0.2, 0.25) is 0 Å². The van der Waals surface area contributed by atoms with E-state index in [4.69, 9.17) is 4.99 Å². The van der Waals surface area contributed by atoms with E-state index < -0.39 is 0 Å². The number of para-hydroxylation sites is 2. The van der Waals surface area contributed by atoms with Gasteiger partial charge in [-0.25, -0.2) is 0 Å². The van der Waals surface area contributed by atoms with Crippen LogP contribution in [0.5, 0.6) is 0 Å². The number of allylic oxidation sites excluding steroid dienone is 1. The highest BCUT2D eigenvalue weighted by atomic mass is 15.1. The van der Waals surface area contributed by atoms with Crippen molar-refractivity contribution in [2.45, 2.75) is 6.17 Å². The van der Waals surface area contributed by atoms with Crippen LogP contribution in [-0.4, -0.2) is 10.3 Å². The zero-order valence-corrected chi connectivity index (χ0v) is 23.6. The van der Waals surface area contributed by atoms with Crippen molar-refractivity contribution < 1.29 is 0 Å². The van der Waals surface area contributed by atoms with E-state index in [0.29, 0.717) is 0 Å². The first kappa shape index (κ1) is 25.1. The molecule has 3 heteroatoms. The summed E-state index contributed by atoms with van der Waals surface area (Å²) in [4.78, 5) is 5.07. The highest BCUT2D eigenvalue weighted by Gasteiger charge is 2.19. The zero-order chi connectivity index (χ0) is 28.6. The van der Waals surface area contributed by atoms with Gasteiger partial charge < -0.3 is 9.88 Å². The Hall–Kier alpha value is -5.67. The van der Waals surface area contributed by atoms with Crippen molar-refractivity contribution >= 4 is 33.2 Å². The first-order chi connectivity index (χ1) is 21.3. The molecule has 1 atom stereocenters. The Morgan fingerprint density at radius 2 is 1.09 bits per heavy atom. The largest absolute Gasteiger partial charge is 0.360 e. The number of rotatable bonds is 5. The van der Waals surface area contributed by atoms with E-state index in [0.717, 1.165) is 28.1 Å². The number of hydrogen-bond acceptors (Lipinski definition) is 2. The second kappa shape index (κ2) is 10.6. The number of aromatic nitrogens is 1. The van der Waals surface area contributed by atoms with Crippen molar-refractivity contribution in [3.8, 4) is 16.8 Å². The molecular weight excluding hydrogens is 522 g/mol. The smallest absolute Gasteiger partial charge is 0.145 e. The number of benzene rings is 6. The molecular formula is C40H29N3. The standard InChI is InChI=1S/C40H29N3/c1-4-12-29(13-5-1)36-27-37(42-40(41-36)31-14-6-2-7-15-31)30-22-20-28(21-23-30)32-24-25-35-34-18-10-11-19-38(34)43(39(35)26-32)33-16-8-3-9-17-33/h1-27,40,42H. The van der Waals surface area contributed by atoms with Crippen molar-refractivity contribution in [3.63, 3.8) is 0 Å². The minimum atomic E-state index is -0.154. The fourth-order valence-corrected chi connectivity index (χ4v) is 6.11. The zero-order valence-electron chi connectivity index (χ0n) is 23.6. The van der Waals surface area contributed by atoms with Crippen molar-refractivity contribution in [1.82, 2.24) is 9.88 Å². The summed E-state index contributed by atoms with van der Waals surface area (Å²) in [6.45, 7) is 0. The van der Waals surface area contributed by atoms with Gasteiger partial charge in [-0.15, -0.1) is 0 Å². The summed E-state index contributed by atoms with van der Waals surface area (Å²) in [5.74, 6) is 0. The van der Waals surface area contributed by atoms with E-state index in [9.17, 15) is 0 Å². The minimum absolute atomic E-state index is 0.154. The van der Waals surface area contributed by atoms with Crippen molar-refractivity contribution in [2.24, 2.45) is 4.99 Å². The molecule has 0 fully saturated rings. The van der Waals surface area contributed by atoms with Gasteiger partial charge in [0.05, 0.1) is 16.7 Å². The molecule has 0 amide bonds. The molecule has 204 valence electrons. The van der Waals surface area contributed by atoms with E-state index in [1.165, 1.54) is 38.6 Å². The van der Waals surface area contributed by atoms with Gasteiger partial charge in [0.15, 0.2) is 0 Å². The third-order valence-corrected chi connectivity index (χ3v) is 8.24. The Labute approximate surface area is 251 Å². The first-order valence-corrected chi connectivity index (χ1v) is 14.7. The van der Waals surface area contributed by atoms with Crippen LogP contribution in [0.15, 0.2) is 169 Å². The molecule has 0 spiro atoms. The summed E-state index contributed by atoms with van der Waals surface area (Å²) < 4.78 is 2.37. The number of hydrogen-bond donors (Lipinski definition) is 1. The Bertz CT molecular complexity index is 2120. The van der Waals surface area contributed by atoms with Crippen molar-refractivity contribution in [1.29, 1.82) is 0 Å². The maximum absolute atomic E-state index is 5.07. The fourth-order valence-electron chi connectivity index (χ4n) is 6.11. The summed E-state index contributed by atoms with van der Waals surface area (Å²) in [5.41, 5.74) is 11.4. The molecule has 0 saturated heterocycles. The SMILES string of the molecule is C1=C(c2ccc(-c3ccc4c5ccccc5n(-c5ccccc5)c4c3)cc2)NC(c2ccccc2)N=C1c1ccccc1. The molecule has 3 nitrogen and oxygen atoms in total. The molecule has 0 aliphatic carbocycles. The molecule has 1 unspecified atom stereocenters. The Morgan fingerprint density at radius 3 is 1.86 bits per heavy atom. The lowest BCUT2D eigenvalue weighted by molar-refractivity contribution is 0.664. The molecule has 7 aromatic rings. The summed E-state index contributed by atoms with van der Waals surface area (Å²) in [6, 6.07) is 55.8. The Balaban J connectivity index is 1.18. The number of aliphatic imine (C=N–C) groups is 1. The second-order valence-electron chi connectivity index (χ2n) is 10.9. The minimum Gasteiger partial charge on any atom is -0.360 e. The number of nitrogens with one attached hydrogen (secondary N) is 1. The second-order valence-corrected chi connectivity index (χ2v) is 10.9. The normalized spacial score (nSPS) is 14.7. The van der Waals surface area contributed by atoms with Gasteiger partial charge in [0.1, 0.15) is 6.17 Å². The van der Waals surface area contributed by atoms with E-state index in [-0.39, 0.29) is 6.17 Å². The third-order valence-electron chi connectivity index (χ3n) is 8.24. The predicted octanol–water partition coefficient (Wildman–Crippen LogP) is 9.58. The summed E-state index contributed by atoms with van der Waals surface area (Å²) in [5, 5.41) is 6.21. The lowest BCUT2D eigenvalue weighted by atomic mass is 9.99. The van der Waals surface area contributed by atoms with Crippen LogP contribution in [0.4, 0.5) is 0 Å². The lowest BCUT2D eigenvalue weighted by Crippen LogP contribution is -2.24. The predicted molar refractivity (Wildman–Crippen MR) is 179 cm³/mol. The van der Waals surface area contributed by atoms with Gasteiger partial charge in [-0.3, -0.25) is 4.99 Å².